The molecule has 2 aromatic carbocycles. The second-order valence-electron chi connectivity index (χ2n) is 5.15. The number of hydrogen-bond donors (Lipinski definition) is 1. The minimum atomic E-state index is -0.528. The van der Waals surface area contributed by atoms with Gasteiger partial charge in [-0.05, 0) is 42.8 Å². The van der Waals surface area contributed by atoms with Crippen molar-refractivity contribution in [3.05, 3.63) is 63.6 Å². The average Bonchev–Trinajstić information content (AvgIpc) is 2.58. The van der Waals surface area contributed by atoms with Crippen LogP contribution in [0.5, 0.6) is 5.75 Å². The zero-order chi connectivity index (χ0) is 17.4. The summed E-state index contributed by atoms with van der Waals surface area (Å²) in [5, 5.41) is 3.67. The lowest BCUT2D eigenvalue weighted by atomic mass is 10.2. The van der Waals surface area contributed by atoms with Gasteiger partial charge in [0.1, 0.15) is 5.75 Å². The lowest BCUT2D eigenvalue weighted by Crippen LogP contribution is -2.37. The van der Waals surface area contributed by atoms with Gasteiger partial charge in [0.15, 0.2) is 6.10 Å². The molecule has 2 aromatic rings. The molecule has 0 aliphatic rings. The Bertz CT molecular complexity index is 666. The molecule has 0 aliphatic carbocycles. The quantitative estimate of drug-likeness (QED) is 0.607. The molecule has 3 nitrogen and oxygen atoms in total. The third kappa shape index (κ3) is 6.38. The molecule has 1 atom stereocenters. The van der Waals surface area contributed by atoms with E-state index in [1.807, 2.05) is 48.5 Å². The van der Waals surface area contributed by atoms with E-state index in [0.717, 1.165) is 26.6 Å². The maximum atomic E-state index is 12.0. The van der Waals surface area contributed by atoms with Crippen molar-refractivity contribution >= 4 is 45.2 Å². The first-order valence-corrected chi connectivity index (χ1v) is 9.90. The number of benzene rings is 2. The van der Waals surface area contributed by atoms with Crippen LogP contribution in [0.4, 0.5) is 0 Å². The largest absolute Gasteiger partial charge is 0.481 e. The van der Waals surface area contributed by atoms with Crippen LogP contribution < -0.4 is 10.1 Å². The Morgan fingerprint density at radius 2 is 1.96 bits per heavy atom. The monoisotopic (exact) mass is 427 g/mol. The van der Waals surface area contributed by atoms with E-state index in [-0.39, 0.29) is 5.91 Å². The van der Waals surface area contributed by atoms with Crippen LogP contribution in [0.3, 0.4) is 0 Å². The Morgan fingerprint density at radius 1 is 1.25 bits per heavy atom. The molecule has 1 N–H and O–H groups in total. The standard InChI is InChI=1S/C18H19BrClNO2S/c1-13(23-16-8-6-15(19)7-9-16)18(22)21-10-11-24-12-14-4-2-3-5-17(14)20/h2-9,13H,10-12H2,1H3,(H,21,22). The van der Waals surface area contributed by atoms with Crippen molar-refractivity contribution in [2.75, 3.05) is 12.3 Å². The first-order valence-electron chi connectivity index (χ1n) is 7.57. The lowest BCUT2D eigenvalue weighted by molar-refractivity contribution is -0.127. The van der Waals surface area contributed by atoms with E-state index in [1.165, 1.54) is 0 Å². The minimum Gasteiger partial charge on any atom is -0.481 e. The Kier molecular flexibility index (Phi) is 7.95. The highest BCUT2D eigenvalue weighted by Crippen LogP contribution is 2.20. The highest BCUT2D eigenvalue weighted by Gasteiger charge is 2.13. The normalized spacial score (nSPS) is 11.8. The van der Waals surface area contributed by atoms with E-state index >= 15 is 0 Å². The number of carbonyl (C=O) groups is 1. The van der Waals surface area contributed by atoms with Crippen molar-refractivity contribution in [2.24, 2.45) is 0 Å². The molecule has 0 heterocycles. The Labute approximate surface area is 160 Å². The van der Waals surface area contributed by atoms with Crippen LogP contribution in [0.25, 0.3) is 0 Å². The molecule has 0 radical (unpaired) electrons. The molecule has 2 rings (SSSR count). The predicted octanol–water partition coefficient (Wildman–Crippen LogP) is 4.92. The number of carbonyl (C=O) groups excluding carboxylic acids is 1. The molecular formula is C18H19BrClNO2S. The summed E-state index contributed by atoms with van der Waals surface area (Å²) in [7, 11) is 0. The van der Waals surface area contributed by atoms with Crippen LogP contribution in [0.15, 0.2) is 53.0 Å². The summed E-state index contributed by atoms with van der Waals surface area (Å²) in [6, 6.07) is 15.2. The maximum absolute atomic E-state index is 12.0. The lowest BCUT2D eigenvalue weighted by Gasteiger charge is -2.14. The van der Waals surface area contributed by atoms with Crippen molar-refractivity contribution in [1.82, 2.24) is 5.32 Å². The number of rotatable bonds is 8. The molecule has 1 amide bonds. The highest BCUT2D eigenvalue weighted by molar-refractivity contribution is 9.10. The van der Waals surface area contributed by atoms with Crippen molar-refractivity contribution in [1.29, 1.82) is 0 Å². The van der Waals surface area contributed by atoms with Crippen LogP contribution in [0, 0.1) is 0 Å². The third-order valence-corrected chi connectivity index (χ3v) is 5.16. The summed E-state index contributed by atoms with van der Waals surface area (Å²) in [6.07, 6.45) is -0.528. The minimum absolute atomic E-state index is 0.115. The van der Waals surface area contributed by atoms with Gasteiger partial charge in [-0.1, -0.05) is 45.7 Å². The van der Waals surface area contributed by atoms with Crippen LogP contribution in [-0.2, 0) is 10.5 Å². The molecule has 0 saturated heterocycles. The smallest absolute Gasteiger partial charge is 0.260 e. The van der Waals surface area contributed by atoms with Crippen LogP contribution in [0.2, 0.25) is 5.02 Å². The van der Waals surface area contributed by atoms with E-state index in [0.29, 0.717) is 12.3 Å². The first kappa shape index (κ1) is 19.2. The Balaban J connectivity index is 1.65. The number of hydrogen-bond acceptors (Lipinski definition) is 3. The molecule has 24 heavy (non-hydrogen) atoms. The zero-order valence-electron chi connectivity index (χ0n) is 13.3. The van der Waals surface area contributed by atoms with Crippen molar-refractivity contribution in [2.45, 2.75) is 18.8 Å². The van der Waals surface area contributed by atoms with E-state index in [4.69, 9.17) is 16.3 Å². The molecule has 1 unspecified atom stereocenters. The number of amides is 1. The summed E-state index contributed by atoms with van der Waals surface area (Å²) < 4.78 is 6.59. The molecule has 0 fully saturated rings. The average molecular weight is 429 g/mol. The van der Waals surface area contributed by atoms with Gasteiger partial charge in [0.05, 0.1) is 0 Å². The maximum Gasteiger partial charge on any atom is 0.260 e. The van der Waals surface area contributed by atoms with Gasteiger partial charge in [-0.2, -0.15) is 11.8 Å². The Morgan fingerprint density at radius 3 is 2.67 bits per heavy atom. The summed E-state index contributed by atoms with van der Waals surface area (Å²) in [5.74, 6) is 2.22. The molecule has 6 heteroatoms. The van der Waals surface area contributed by atoms with Crippen LogP contribution in [0.1, 0.15) is 12.5 Å². The van der Waals surface area contributed by atoms with Crippen LogP contribution >= 0.6 is 39.3 Å². The van der Waals surface area contributed by atoms with Gasteiger partial charge in [0.25, 0.3) is 5.91 Å². The van der Waals surface area contributed by atoms with E-state index in [2.05, 4.69) is 21.2 Å². The van der Waals surface area contributed by atoms with Crippen molar-refractivity contribution in [3.63, 3.8) is 0 Å². The van der Waals surface area contributed by atoms with Gasteiger partial charge in [-0.3, -0.25) is 4.79 Å². The molecular weight excluding hydrogens is 410 g/mol. The van der Waals surface area contributed by atoms with Gasteiger partial charge in [-0.15, -0.1) is 0 Å². The van der Waals surface area contributed by atoms with Crippen molar-refractivity contribution < 1.29 is 9.53 Å². The van der Waals surface area contributed by atoms with E-state index < -0.39 is 6.10 Å². The second-order valence-corrected chi connectivity index (χ2v) is 7.58. The second kappa shape index (κ2) is 9.97. The van der Waals surface area contributed by atoms with E-state index in [1.54, 1.807) is 18.7 Å². The SMILES string of the molecule is CC(Oc1ccc(Br)cc1)C(=O)NCCSCc1ccccc1Cl. The fraction of sp³-hybridized carbons (Fsp3) is 0.278. The van der Waals surface area contributed by atoms with Gasteiger partial charge in [0.2, 0.25) is 0 Å². The summed E-state index contributed by atoms with van der Waals surface area (Å²) >= 11 is 11.2. The van der Waals surface area contributed by atoms with Gasteiger partial charge < -0.3 is 10.1 Å². The van der Waals surface area contributed by atoms with E-state index in [9.17, 15) is 4.79 Å². The predicted molar refractivity (Wildman–Crippen MR) is 105 cm³/mol. The first-order chi connectivity index (χ1) is 11.6. The van der Waals surface area contributed by atoms with Crippen LogP contribution in [-0.4, -0.2) is 24.3 Å². The number of nitrogens with one attached hydrogen (secondary N) is 1. The topological polar surface area (TPSA) is 38.3 Å². The van der Waals surface area contributed by atoms with Gasteiger partial charge in [0, 0.05) is 27.5 Å². The fourth-order valence-electron chi connectivity index (χ4n) is 1.96. The molecule has 128 valence electrons. The molecule has 0 saturated carbocycles. The number of halogens is 2. The molecule has 0 bridgehead atoms. The summed E-state index contributed by atoms with van der Waals surface area (Å²) in [4.78, 5) is 12.0. The molecule has 0 spiro atoms. The van der Waals surface area contributed by atoms with Crippen molar-refractivity contribution in [3.8, 4) is 5.75 Å². The molecule has 0 aromatic heterocycles. The fourth-order valence-corrected chi connectivity index (χ4v) is 3.37. The molecule has 0 aliphatic heterocycles. The Hall–Kier alpha value is -1.17. The zero-order valence-corrected chi connectivity index (χ0v) is 16.5. The third-order valence-electron chi connectivity index (χ3n) is 3.26. The van der Waals surface area contributed by atoms with Gasteiger partial charge >= 0.3 is 0 Å². The highest BCUT2D eigenvalue weighted by atomic mass is 79.9. The van der Waals surface area contributed by atoms with Gasteiger partial charge in [-0.25, -0.2) is 0 Å². The number of ether oxygens (including phenoxy) is 1. The summed E-state index contributed by atoms with van der Waals surface area (Å²) in [6.45, 7) is 2.34. The number of thioether (sulfide) groups is 1. The summed E-state index contributed by atoms with van der Waals surface area (Å²) in [5.41, 5.74) is 1.11.